The highest BCUT2D eigenvalue weighted by Gasteiger charge is 2.19. The van der Waals surface area contributed by atoms with Crippen molar-refractivity contribution in [2.24, 2.45) is 5.73 Å². The van der Waals surface area contributed by atoms with Gasteiger partial charge in [-0.3, -0.25) is 9.69 Å². The van der Waals surface area contributed by atoms with Gasteiger partial charge in [-0.25, -0.2) is 0 Å². The maximum Gasteiger partial charge on any atom is 0.247 e. The summed E-state index contributed by atoms with van der Waals surface area (Å²) >= 11 is 0. The van der Waals surface area contributed by atoms with Crippen LogP contribution in [0, 0.1) is 0 Å². The first kappa shape index (κ1) is 17.5. The molecule has 1 aromatic rings. The molecule has 1 saturated heterocycles. The Kier molecular flexibility index (Phi) is 7.10. The fourth-order valence-electron chi connectivity index (χ4n) is 2.70. The van der Waals surface area contributed by atoms with Crippen LogP contribution in [0.4, 0.5) is 0 Å². The van der Waals surface area contributed by atoms with E-state index in [-0.39, 0.29) is 5.91 Å². The molecule has 0 aliphatic carbocycles. The SMILES string of the molecule is COc1ccc(/C=C/C(=O)N2CCCN(CCCCN)C2)cc1. The van der Waals surface area contributed by atoms with Crippen LogP contribution in [0.25, 0.3) is 6.08 Å². The van der Waals surface area contributed by atoms with Gasteiger partial charge in [-0.1, -0.05) is 12.1 Å². The molecule has 23 heavy (non-hydrogen) atoms. The first-order chi connectivity index (χ1) is 11.2. The maximum atomic E-state index is 12.3. The molecule has 0 aromatic heterocycles. The second-order valence-electron chi connectivity index (χ2n) is 5.82. The normalized spacial score (nSPS) is 16.0. The van der Waals surface area contributed by atoms with E-state index in [1.54, 1.807) is 13.2 Å². The standard InChI is InChI=1S/C18H27N3O2/c1-23-17-8-5-16(6-9-17)7-10-18(22)21-14-4-13-20(15-21)12-3-2-11-19/h5-10H,2-4,11-15,19H2,1H3/b10-7+. The Balaban J connectivity index is 1.84. The van der Waals surface area contributed by atoms with E-state index in [0.29, 0.717) is 0 Å². The monoisotopic (exact) mass is 317 g/mol. The van der Waals surface area contributed by atoms with Crippen LogP contribution in [0.2, 0.25) is 0 Å². The Morgan fingerprint density at radius 2 is 2.04 bits per heavy atom. The number of nitrogens with two attached hydrogens (primary N) is 1. The highest BCUT2D eigenvalue weighted by molar-refractivity contribution is 5.91. The molecule has 1 heterocycles. The Bertz CT molecular complexity index is 514. The van der Waals surface area contributed by atoms with Gasteiger partial charge < -0.3 is 15.4 Å². The minimum absolute atomic E-state index is 0.0735. The van der Waals surface area contributed by atoms with Gasteiger partial charge in [0.15, 0.2) is 0 Å². The van der Waals surface area contributed by atoms with E-state index >= 15 is 0 Å². The van der Waals surface area contributed by atoms with Crippen molar-refractivity contribution in [1.29, 1.82) is 0 Å². The number of hydrogen-bond donors (Lipinski definition) is 1. The van der Waals surface area contributed by atoms with E-state index in [0.717, 1.165) is 63.4 Å². The van der Waals surface area contributed by atoms with Crippen molar-refractivity contribution >= 4 is 12.0 Å². The highest BCUT2D eigenvalue weighted by Crippen LogP contribution is 2.13. The zero-order chi connectivity index (χ0) is 16.5. The Morgan fingerprint density at radius 1 is 1.26 bits per heavy atom. The summed E-state index contributed by atoms with van der Waals surface area (Å²) in [4.78, 5) is 16.6. The van der Waals surface area contributed by atoms with Gasteiger partial charge in [-0.15, -0.1) is 0 Å². The number of benzene rings is 1. The van der Waals surface area contributed by atoms with Gasteiger partial charge in [0, 0.05) is 19.2 Å². The van der Waals surface area contributed by atoms with E-state index in [9.17, 15) is 4.79 Å². The molecule has 1 amide bonds. The lowest BCUT2D eigenvalue weighted by Gasteiger charge is -2.35. The van der Waals surface area contributed by atoms with Gasteiger partial charge in [0.05, 0.1) is 13.8 Å². The van der Waals surface area contributed by atoms with E-state index in [1.807, 2.05) is 35.2 Å². The summed E-state index contributed by atoms with van der Waals surface area (Å²) in [5.41, 5.74) is 6.53. The summed E-state index contributed by atoms with van der Waals surface area (Å²) in [6.45, 7) is 4.37. The summed E-state index contributed by atoms with van der Waals surface area (Å²) in [5.74, 6) is 0.891. The van der Waals surface area contributed by atoms with Gasteiger partial charge in [0.1, 0.15) is 5.75 Å². The Labute approximate surface area is 138 Å². The molecule has 2 rings (SSSR count). The van der Waals surface area contributed by atoms with Crippen molar-refractivity contribution in [2.45, 2.75) is 19.3 Å². The number of carbonyl (C=O) groups is 1. The fraction of sp³-hybridized carbons (Fsp3) is 0.500. The number of ether oxygens (including phenoxy) is 1. The molecular weight excluding hydrogens is 290 g/mol. The predicted molar refractivity (Wildman–Crippen MR) is 93.1 cm³/mol. The average molecular weight is 317 g/mol. The topological polar surface area (TPSA) is 58.8 Å². The summed E-state index contributed by atoms with van der Waals surface area (Å²) in [6, 6.07) is 7.67. The molecule has 1 aliphatic rings. The third-order valence-corrected chi connectivity index (χ3v) is 4.05. The summed E-state index contributed by atoms with van der Waals surface area (Å²) in [6.07, 6.45) is 6.69. The minimum atomic E-state index is 0.0735. The van der Waals surface area contributed by atoms with Gasteiger partial charge in [0.2, 0.25) is 5.91 Å². The summed E-state index contributed by atoms with van der Waals surface area (Å²) in [7, 11) is 1.64. The largest absolute Gasteiger partial charge is 0.497 e. The molecule has 1 aromatic carbocycles. The van der Waals surface area contributed by atoms with E-state index in [2.05, 4.69) is 4.90 Å². The molecule has 1 aliphatic heterocycles. The van der Waals surface area contributed by atoms with Crippen LogP contribution in [0.5, 0.6) is 5.75 Å². The van der Waals surface area contributed by atoms with Gasteiger partial charge in [-0.2, -0.15) is 0 Å². The lowest BCUT2D eigenvalue weighted by Crippen LogP contribution is -2.47. The quantitative estimate of drug-likeness (QED) is 0.617. The van der Waals surface area contributed by atoms with Crippen molar-refractivity contribution in [1.82, 2.24) is 9.80 Å². The lowest BCUT2D eigenvalue weighted by molar-refractivity contribution is -0.129. The minimum Gasteiger partial charge on any atom is -0.497 e. The van der Waals surface area contributed by atoms with E-state index < -0.39 is 0 Å². The van der Waals surface area contributed by atoms with Gasteiger partial charge in [0.25, 0.3) is 0 Å². The molecular formula is C18H27N3O2. The van der Waals surface area contributed by atoms with Crippen LogP contribution in [0.1, 0.15) is 24.8 Å². The molecule has 0 atom stereocenters. The van der Waals surface area contributed by atoms with Crippen LogP contribution >= 0.6 is 0 Å². The third kappa shape index (κ3) is 5.69. The van der Waals surface area contributed by atoms with Crippen LogP contribution in [0.15, 0.2) is 30.3 Å². The maximum absolute atomic E-state index is 12.3. The van der Waals surface area contributed by atoms with Crippen LogP contribution in [-0.4, -0.2) is 55.7 Å². The number of methoxy groups -OCH3 is 1. The van der Waals surface area contributed by atoms with Crippen LogP contribution in [0.3, 0.4) is 0 Å². The first-order valence-corrected chi connectivity index (χ1v) is 8.26. The smallest absolute Gasteiger partial charge is 0.247 e. The molecule has 0 unspecified atom stereocenters. The molecule has 1 fully saturated rings. The Hall–Kier alpha value is -1.85. The second-order valence-corrected chi connectivity index (χ2v) is 5.82. The van der Waals surface area contributed by atoms with Gasteiger partial charge >= 0.3 is 0 Å². The summed E-state index contributed by atoms with van der Waals surface area (Å²) in [5, 5.41) is 0. The molecule has 0 saturated carbocycles. The van der Waals surface area contributed by atoms with Crippen molar-refractivity contribution in [3.63, 3.8) is 0 Å². The number of unbranched alkanes of at least 4 members (excludes halogenated alkanes) is 1. The van der Waals surface area contributed by atoms with Crippen molar-refractivity contribution in [2.75, 3.05) is 40.0 Å². The number of hydrogen-bond acceptors (Lipinski definition) is 4. The second kappa shape index (κ2) is 9.33. The van der Waals surface area contributed by atoms with Crippen molar-refractivity contribution in [3.8, 4) is 5.75 Å². The molecule has 0 bridgehead atoms. The van der Waals surface area contributed by atoms with Crippen LogP contribution in [-0.2, 0) is 4.79 Å². The van der Waals surface area contributed by atoms with Gasteiger partial charge in [-0.05, 0) is 56.1 Å². The van der Waals surface area contributed by atoms with Crippen molar-refractivity contribution < 1.29 is 9.53 Å². The zero-order valence-electron chi connectivity index (χ0n) is 13.9. The average Bonchev–Trinajstić information content (AvgIpc) is 2.60. The third-order valence-electron chi connectivity index (χ3n) is 4.05. The predicted octanol–water partition coefficient (Wildman–Crippen LogP) is 1.94. The zero-order valence-corrected chi connectivity index (χ0v) is 13.9. The van der Waals surface area contributed by atoms with Crippen LogP contribution < -0.4 is 10.5 Å². The number of nitrogens with zero attached hydrogens (tertiary/aromatic N) is 2. The van der Waals surface area contributed by atoms with Crippen molar-refractivity contribution in [3.05, 3.63) is 35.9 Å². The molecule has 0 spiro atoms. The molecule has 5 heteroatoms. The van der Waals surface area contributed by atoms with E-state index in [1.165, 1.54) is 0 Å². The molecule has 5 nitrogen and oxygen atoms in total. The highest BCUT2D eigenvalue weighted by atomic mass is 16.5. The Morgan fingerprint density at radius 3 is 2.74 bits per heavy atom. The summed E-state index contributed by atoms with van der Waals surface area (Å²) < 4.78 is 5.13. The lowest BCUT2D eigenvalue weighted by atomic mass is 10.2. The number of carbonyl (C=O) groups excluding carboxylic acids is 1. The molecule has 126 valence electrons. The molecule has 2 N–H and O–H groups in total. The van der Waals surface area contributed by atoms with E-state index in [4.69, 9.17) is 10.5 Å². The number of amides is 1. The molecule has 0 radical (unpaired) electrons. The fourth-order valence-corrected chi connectivity index (χ4v) is 2.70. The number of rotatable bonds is 7. The first-order valence-electron chi connectivity index (χ1n) is 8.26.